The highest BCUT2D eigenvalue weighted by molar-refractivity contribution is 5.26. The van der Waals surface area contributed by atoms with Crippen molar-refractivity contribution in [1.82, 2.24) is 5.32 Å². The van der Waals surface area contributed by atoms with E-state index in [0.717, 1.165) is 31.4 Å². The van der Waals surface area contributed by atoms with Crippen molar-refractivity contribution < 1.29 is 5.11 Å². The first-order chi connectivity index (χ1) is 9.24. The van der Waals surface area contributed by atoms with Crippen LogP contribution in [0.4, 0.5) is 0 Å². The molecule has 1 atom stereocenters. The van der Waals surface area contributed by atoms with E-state index in [1.165, 1.54) is 0 Å². The van der Waals surface area contributed by atoms with Gasteiger partial charge in [0.1, 0.15) is 0 Å². The van der Waals surface area contributed by atoms with Gasteiger partial charge in [-0.2, -0.15) is 0 Å². The Bertz CT molecular complexity index is 392. The zero-order valence-electron chi connectivity index (χ0n) is 11.4. The van der Waals surface area contributed by atoms with Gasteiger partial charge in [0.2, 0.25) is 0 Å². The van der Waals surface area contributed by atoms with Crippen LogP contribution in [0, 0.1) is 0 Å². The summed E-state index contributed by atoms with van der Waals surface area (Å²) in [6.07, 6.45) is 16.2. The third kappa shape index (κ3) is 6.79. The number of nitrogens with two attached hydrogens (primary N) is 1. The van der Waals surface area contributed by atoms with Crippen LogP contribution in [0.1, 0.15) is 19.3 Å². The van der Waals surface area contributed by atoms with Gasteiger partial charge >= 0.3 is 0 Å². The van der Waals surface area contributed by atoms with Crippen molar-refractivity contribution in [2.75, 3.05) is 13.1 Å². The van der Waals surface area contributed by atoms with Gasteiger partial charge in [0, 0.05) is 12.2 Å². The van der Waals surface area contributed by atoms with Crippen LogP contribution in [-0.2, 0) is 0 Å². The second-order valence-electron chi connectivity index (χ2n) is 4.49. The minimum atomic E-state index is -0.406. The molecule has 0 saturated carbocycles. The third-order valence-electron chi connectivity index (χ3n) is 2.89. The van der Waals surface area contributed by atoms with Gasteiger partial charge in [0.25, 0.3) is 0 Å². The molecule has 0 unspecified atom stereocenters. The van der Waals surface area contributed by atoms with Crippen LogP contribution >= 0.6 is 0 Å². The van der Waals surface area contributed by atoms with Gasteiger partial charge in [-0.1, -0.05) is 37.0 Å². The Hall–Kier alpha value is -1.58. The zero-order chi connectivity index (χ0) is 13.9. The highest BCUT2D eigenvalue weighted by atomic mass is 16.3. The smallest absolute Gasteiger partial charge is 0.0911 e. The molecule has 0 radical (unpaired) electrons. The minimum Gasteiger partial charge on any atom is -0.399 e. The summed E-state index contributed by atoms with van der Waals surface area (Å²) in [5, 5.41) is 13.2. The Labute approximate surface area is 115 Å². The predicted octanol–water partition coefficient (Wildman–Crippen LogP) is 2.19. The van der Waals surface area contributed by atoms with Crippen LogP contribution in [0.3, 0.4) is 0 Å². The second-order valence-corrected chi connectivity index (χ2v) is 4.49. The lowest BCUT2D eigenvalue weighted by atomic mass is 10.0. The first kappa shape index (κ1) is 15.5. The first-order valence-electron chi connectivity index (χ1n) is 6.74. The van der Waals surface area contributed by atoms with Crippen molar-refractivity contribution in [2.24, 2.45) is 5.73 Å². The molecule has 3 nitrogen and oxygen atoms in total. The summed E-state index contributed by atoms with van der Waals surface area (Å²) < 4.78 is 0. The van der Waals surface area contributed by atoms with Crippen molar-refractivity contribution in [3.63, 3.8) is 0 Å². The lowest BCUT2D eigenvalue weighted by Gasteiger charge is -2.14. The van der Waals surface area contributed by atoms with Crippen molar-refractivity contribution in [3.8, 4) is 0 Å². The SMILES string of the molecule is C=C/C(N)=C\C=C\CCNC[C@H](O)C1=CCCC=C1. The quantitative estimate of drug-likeness (QED) is 0.463. The van der Waals surface area contributed by atoms with E-state index in [2.05, 4.69) is 24.0 Å². The number of rotatable bonds is 8. The zero-order valence-corrected chi connectivity index (χ0v) is 11.4. The standard InChI is InChI=1S/C16H24N2O/c1-2-15(17)11-7-4-8-12-18-13-16(19)14-9-5-3-6-10-14/h2,4-5,7,9-11,16,18-19H,1,3,6,8,12-13,17H2/b7-4+,15-11+/t16-/m0/s1. The fraction of sp³-hybridized carbons (Fsp3) is 0.375. The van der Waals surface area contributed by atoms with E-state index >= 15 is 0 Å². The summed E-state index contributed by atoms with van der Waals surface area (Å²) >= 11 is 0. The lowest BCUT2D eigenvalue weighted by Crippen LogP contribution is -2.28. The van der Waals surface area contributed by atoms with E-state index in [-0.39, 0.29) is 0 Å². The van der Waals surface area contributed by atoms with E-state index in [1.807, 2.05) is 24.3 Å². The van der Waals surface area contributed by atoms with Crippen LogP contribution in [0.5, 0.6) is 0 Å². The van der Waals surface area contributed by atoms with Gasteiger partial charge < -0.3 is 16.2 Å². The molecular formula is C16H24N2O. The van der Waals surface area contributed by atoms with Gasteiger partial charge in [0.15, 0.2) is 0 Å². The predicted molar refractivity (Wildman–Crippen MR) is 81.6 cm³/mol. The van der Waals surface area contributed by atoms with Gasteiger partial charge in [0.05, 0.1) is 6.10 Å². The highest BCUT2D eigenvalue weighted by Crippen LogP contribution is 2.12. The number of hydrogen-bond donors (Lipinski definition) is 3. The lowest BCUT2D eigenvalue weighted by molar-refractivity contribution is 0.210. The van der Waals surface area contributed by atoms with Gasteiger partial charge in [-0.25, -0.2) is 0 Å². The summed E-state index contributed by atoms with van der Waals surface area (Å²) in [5.41, 5.74) is 7.25. The Morgan fingerprint density at radius 2 is 2.37 bits per heavy atom. The summed E-state index contributed by atoms with van der Waals surface area (Å²) in [7, 11) is 0. The van der Waals surface area contributed by atoms with E-state index in [1.54, 1.807) is 6.08 Å². The molecule has 1 rings (SSSR count). The maximum absolute atomic E-state index is 9.94. The molecule has 1 aliphatic rings. The fourth-order valence-corrected chi connectivity index (χ4v) is 1.77. The molecule has 3 heteroatoms. The number of nitrogens with one attached hydrogen (secondary N) is 1. The largest absolute Gasteiger partial charge is 0.399 e. The molecule has 0 aromatic carbocycles. The molecule has 0 saturated heterocycles. The van der Waals surface area contributed by atoms with Crippen LogP contribution in [0.25, 0.3) is 0 Å². The van der Waals surface area contributed by atoms with Gasteiger partial charge in [-0.3, -0.25) is 0 Å². The highest BCUT2D eigenvalue weighted by Gasteiger charge is 2.08. The molecule has 0 aromatic rings. The van der Waals surface area contributed by atoms with Crippen molar-refractivity contribution in [1.29, 1.82) is 0 Å². The van der Waals surface area contributed by atoms with Gasteiger partial charge in [-0.05, 0) is 43.5 Å². The molecule has 0 heterocycles. The Kier molecular flexibility index (Phi) is 7.63. The van der Waals surface area contributed by atoms with E-state index in [9.17, 15) is 5.11 Å². The van der Waals surface area contributed by atoms with Crippen molar-refractivity contribution in [2.45, 2.75) is 25.4 Å². The molecular weight excluding hydrogens is 236 g/mol. The van der Waals surface area contributed by atoms with Gasteiger partial charge in [-0.15, -0.1) is 0 Å². The average Bonchev–Trinajstić information content (AvgIpc) is 2.46. The third-order valence-corrected chi connectivity index (χ3v) is 2.89. The summed E-state index contributed by atoms with van der Waals surface area (Å²) in [6.45, 7) is 5.01. The fourth-order valence-electron chi connectivity index (χ4n) is 1.77. The average molecular weight is 260 g/mol. The molecule has 0 fully saturated rings. The molecule has 4 N–H and O–H groups in total. The van der Waals surface area contributed by atoms with Crippen LogP contribution in [0.2, 0.25) is 0 Å². The number of aliphatic hydroxyl groups is 1. The van der Waals surface area contributed by atoms with Crippen LogP contribution < -0.4 is 11.1 Å². The Morgan fingerprint density at radius 3 is 3.05 bits per heavy atom. The van der Waals surface area contributed by atoms with Crippen molar-refractivity contribution >= 4 is 0 Å². The normalized spacial score (nSPS) is 17.5. The van der Waals surface area contributed by atoms with E-state index in [4.69, 9.17) is 5.73 Å². The molecule has 0 bridgehead atoms. The second kappa shape index (κ2) is 9.36. The van der Waals surface area contributed by atoms with Crippen LogP contribution in [0.15, 0.2) is 60.4 Å². The summed E-state index contributed by atoms with van der Waals surface area (Å²) in [5.74, 6) is 0. The molecule has 0 aromatic heterocycles. The molecule has 0 aliphatic heterocycles. The minimum absolute atomic E-state index is 0.406. The molecule has 0 spiro atoms. The maximum Gasteiger partial charge on any atom is 0.0911 e. The monoisotopic (exact) mass is 260 g/mol. The Morgan fingerprint density at radius 1 is 1.53 bits per heavy atom. The topological polar surface area (TPSA) is 58.3 Å². The van der Waals surface area contributed by atoms with Crippen LogP contribution in [-0.4, -0.2) is 24.3 Å². The molecule has 19 heavy (non-hydrogen) atoms. The number of aliphatic hydroxyl groups excluding tert-OH is 1. The van der Waals surface area contributed by atoms with E-state index < -0.39 is 6.10 Å². The molecule has 0 amide bonds. The van der Waals surface area contributed by atoms with E-state index in [0.29, 0.717) is 12.2 Å². The number of allylic oxidation sites excluding steroid dienone is 5. The maximum atomic E-state index is 9.94. The molecule has 104 valence electrons. The Balaban J connectivity index is 2.12. The summed E-state index contributed by atoms with van der Waals surface area (Å²) in [4.78, 5) is 0. The molecule has 1 aliphatic carbocycles. The van der Waals surface area contributed by atoms with Crippen molar-refractivity contribution in [3.05, 3.63) is 60.4 Å². The first-order valence-corrected chi connectivity index (χ1v) is 6.74. The summed E-state index contributed by atoms with van der Waals surface area (Å²) in [6, 6.07) is 0. The number of hydrogen-bond acceptors (Lipinski definition) is 3.